The second-order valence-corrected chi connectivity index (χ2v) is 5.47. The van der Waals surface area contributed by atoms with E-state index in [1.54, 1.807) is 0 Å². The normalized spacial score (nSPS) is 14.0. The summed E-state index contributed by atoms with van der Waals surface area (Å²) in [6.07, 6.45) is 2.49. The molecule has 0 bridgehead atoms. The molecule has 1 aliphatic carbocycles. The summed E-state index contributed by atoms with van der Waals surface area (Å²) < 4.78 is 5.68. The molecule has 3 rings (SSSR count). The number of aryl methyl sites for hydroxylation is 1. The van der Waals surface area contributed by atoms with E-state index in [2.05, 4.69) is 15.3 Å². The van der Waals surface area contributed by atoms with E-state index in [9.17, 15) is 0 Å². The number of nitrogens with one attached hydrogen (secondary N) is 1. The van der Waals surface area contributed by atoms with Gasteiger partial charge in [0.1, 0.15) is 5.82 Å². The Kier molecular flexibility index (Phi) is 3.90. The van der Waals surface area contributed by atoms with Crippen molar-refractivity contribution in [1.82, 2.24) is 9.97 Å². The number of pyridine rings is 2. The molecule has 0 spiro atoms. The Hall–Kier alpha value is -2.30. The Morgan fingerprint density at radius 2 is 2.10 bits per heavy atom. The zero-order valence-corrected chi connectivity index (χ0v) is 12.2. The molecule has 5 heteroatoms. The van der Waals surface area contributed by atoms with Crippen molar-refractivity contribution in [1.29, 1.82) is 0 Å². The summed E-state index contributed by atoms with van der Waals surface area (Å²) in [7, 11) is 0. The van der Waals surface area contributed by atoms with Crippen molar-refractivity contribution in [3.63, 3.8) is 0 Å². The van der Waals surface area contributed by atoms with E-state index in [4.69, 9.17) is 10.5 Å². The number of nitrogens with zero attached hydrogens (tertiary/aromatic N) is 2. The van der Waals surface area contributed by atoms with Crippen LogP contribution in [0.25, 0.3) is 0 Å². The third-order valence-corrected chi connectivity index (χ3v) is 3.44. The van der Waals surface area contributed by atoms with Crippen molar-refractivity contribution in [3.8, 4) is 5.88 Å². The summed E-state index contributed by atoms with van der Waals surface area (Å²) in [5.41, 5.74) is 8.46. The van der Waals surface area contributed by atoms with Crippen molar-refractivity contribution in [2.75, 3.05) is 17.7 Å². The minimum atomic E-state index is 0.518. The molecule has 1 fully saturated rings. The number of anilines is 2. The van der Waals surface area contributed by atoms with E-state index in [-0.39, 0.29) is 0 Å². The molecular weight excluding hydrogens is 264 g/mol. The molecule has 0 radical (unpaired) electrons. The number of nitrogen functional groups attached to an aromatic ring is 1. The van der Waals surface area contributed by atoms with Crippen LogP contribution in [0.5, 0.6) is 5.88 Å². The Labute approximate surface area is 124 Å². The van der Waals surface area contributed by atoms with Gasteiger partial charge in [0.15, 0.2) is 0 Å². The van der Waals surface area contributed by atoms with Crippen LogP contribution in [0, 0.1) is 12.8 Å². The predicted molar refractivity (Wildman–Crippen MR) is 83.2 cm³/mol. The van der Waals surface area contributed by atoms with Gasteiger partial charge in [-0.1, -0.05) is 6.07 Å². The predicted octanol–water partition coefficient (Wildman–Crippen LogP) is 2.77. The number of nitrogens with two attached hydrogens (primary N) is 1. The molecule has 0 atom stereocenters. The molecule has 2 aromatic heterocycles. The van der Waals surface area contributed by atoms with Gasteiger partial charge in [-0.25, -0.2) is 0 Å². The van der Waals surface area contributed by atoms with Gasteiger partial charge < -0.3 is 15.8 Å². The fourth-order valence-corrected chi connectivity index (χ4v) is 2.03. The topological polar surface area (TPSA) is 73.1 Å². The van der Waals surface area contributed by atoms with E-state index < -0.39 is 0 Å². The first-order valence-electron chi connectivity index (χ1n) is 7.26. The maximum atomic E-state index is 5.90. The third kappa shape index (κ3) is 3.84. The summed E-state index contributed by atoms with van der Waals surface area (Å²) in [6, 6.07) is 9.65. The third-order valence-electron chi connectivity index (χ3n) is 3.44. The number of aromatic nitrogens is 2. The van der Waals surface area contributed by atoms with Crippen LogP contribution < -0.4 is 15.8 Å². The molecule has 0 aromatic carbocycles. The molecule has 2 heterocycles. The van der Waals surface area contributed by atoms with Gasteiger partial charge >= 0.3 is 0 Å². The maximum Gasteiger partial charge on any atom is 0.239 e. The maximum absolute atomic E-state index is 5.90. The van der Waals surface area contributed by atoms with Gasteiger partial charge in [-0.3, -0.25) is 4.98 Å². The van der Waals surface area contributed by atoms with E-state index >= 15 is 0 Å². The number of ether oxygens (including phenoxy) is 1. The Balaban J connectivity index is 1.63. The first-order chi connectivity index (χ1) is 10.2. The smallest absolute Gasteiger partial charge is 0.239 e. The zero-order valence-electron chi connectivity index (χ0n) is 12.2. The average molecular weight is 284 g/mol. The molecular formula is C16H20N4O. The molecule has 0 amide bonds. The number of rotatable bonds is 6. The van der Waals surface area contributed by atoms with Gasteiger partial charge in [-0.15, -0.1) is 0 Å². The highest BCUT2D eigenvalue weighted by Gasteiger charge is 2.22. The van der Waals surface area contributed by atoms with Crippen molar-refractivity contribution < 1.29 is 4.74 Å². The Bertz CT molecular complexity index is 625. The summed E-state index contributed by atoms with van der Waals surface area (Å²) >= 11 is 0. The zero-order chi connectivity index (χ0) is 14.7. The van der Waals surface area contributed by atoms with Crippen LogP contribution in [-0.2, 0) is 6.54 Å². The molecule has 0 aliphatic heterocycles. The minimum Gasteiger partial charge on any atom is -0.476 e. The van der Waals surface area contributed by atoms with Gasteiger partial charge in [0.2, 0.25) is 5.88 Å². The van der Waals surface area contributed by atoms with Crippen molar-refractivity contribution >= 4 is 11.5 Å². The fourth-order valence-electron chi connectivity index (χ4n) is 2.03. The highest BCUT2D eigenvalue weighted by atomic mass is 16.5. The van der Waals surface area contributed by atoms with Crippen molar-refractivity contribution in [3.05, 3.63) is 41.7 Å². The van der Waals surface area contributed by atoms with Crippen LogP contribution in [0.15, 0.2) is 30.3 Å². The van der Waals surface area contributed by atoms with Gasteiger partial charge in [-0.2, -0.15) is 4.98 Å². The van der Waals surface area contributed by atoms with Gasteiger partial charge in [0.05, 0.1) is 24.5 Å². The van der Waals surface area contributed by atoms with Crippen LogP contribution >= 0.6 is 0 Å². The van der Waals surface area contributed by atoms with Crippen molar-refractivity contribution in [2.45, 2.75) is 26.3 Å². The van der Waals surface area contributed by atoms with E-state index in [1.807, 2.05) is 37.3 Å². The van der Waals surface area contributed by atoms with Crippen LogP contribution in [-0.4, -0.2) is 16.6 Å². The van der Waals surface area contributed by atoms with Crippen LogP contribution in [0.3, 0.4) is 0 Å². The lowest BCUT2D eigenvalue weighted by molar-refractivity contribution is 0.290. The molecule has 1 saturated carbocycles. The Morgan fingerprint density at radius 3 is 2.86 bits per heavy atom. The highest BCUT2D eigenvalue weighted by Crippen LogP contribution is 2.30. The van der Waals surface area contributed by atoms with E-state index in [0.29, 0.717) is 30.6 Å². The fraction of sp³-hybridized carbons (Fsp3) is 0.375. The summed E-state index contributed by atoms with van der Waals surface area (Å²) in [4.78, 5) is 8.87. The molecule has 0 saturated heterocycles. The first kappa shape index (κ1) is 13.7. The molecule has 5 nitrogen and oxygen atoms in total. The van der Waals surface area contributed by atoms with Crippen LogP contribution in [0.1, 0.15) is 24.2 Å². The number of hydrogen-bond donors (Lipinski definition) is 2. The summed E-state index contributed by atoms with van der Waals surface area (Å²) in [6.45, 7) is 3.32. The second-order valence-electron chi connectivity index (χ2n) is 5.47. The second kappa shape index (κ2) is 5.99. The standard InChI is InChI=1S/C16H20N4O/c1-11-3-2-4-13(19-11)9-18-15-8-7-14(17)16(20-15)21-10-12-5-6-12/h2-4,7-8,12H,5-6,9-10,17H2,1H3,(H,18,20). The molecule has 21 heavy (non-hydrogen) atoms. The van der Waals surface area contributed by atoms with Crippen LogP contribution in [0.2, 0.25) is 0 Å². The lowest BCUT2D eigenvalue weighted by Gasteiger charge is -2.10. The summed E-state index contributed by atoms with van der Waals surface area (Å²) in [5, 5.41) is 3.25. The first-order valence-corrected chi connectivity index (χ1v) is 7.26. The SMILES string of the molecule is Cc1cccc(CNc2ccc(N)c(OCC3CC3)n2)n1. The van der Waals surface area contributed by atoms with Gasteiger partial charge in [-0.05, 0) is 49.9 Å². The molecule has 1 aliphatic rings. The average Bonchev–Trinajstić information content (AvgIpc) is 3.29. The highest BCUT2D eigenvalue weighted by molar-refractivity contribution is 5.53. The molecule has 2 aromatic rings. The van der Waals surface area contributed by atoms with E-state index in [1.165, 1.54) is 12.8 Å². The lowest BCUT2D eigenvalue weighted by atomic mass is 10.3. The molecule has 3 N–H and O–H groups in total. The van der Waals surface area contributed by atoms with E-state index in [0.717, 1.165) is 17.2 Å². The quantitative estimate of drug-likeness (QED) is 0.853. The largest absolute Gasteiger partial charge is 0.476 e. The lowest BCUT2D eigenvalue weighted by Crippen LogP contribution is -2.07. The minimum absolute atomic E-state index is 0.518. The molecule has 0 unspecified atom stereocenters. The molecule has 110 valence electrons. The number of hydrogen-bond acceptors (Lipinski definition) is 5. The van der Waals surface area contributed by atoms with Gasteiger partial charge in [0.25, 0.3) is 0 Å². The summed E-state index contributed by atoms with van der Waals surface area (Å²) in [5.74, 6) is 1.95. The monoisotopic (exact) mass is 284 g/mol. The van der Waals surface area contributed by atoms with Crippen LogP contribution in [0.4, 0.5) is 11.5 Å². The Morgan fingerprint density at radius 1 is 1.24 bits per heavy atom. The van der Waals surface area contributed by atoms with Gasteiger partial charge in [0, 0.05) is 5.69 Å². The van der Waals surface area contributed by atoms with Crippen molar-refractivity contribution in [2.24, 2.45) is 5.92 Å².